The van der Waals surface area contributed by atoms with Crippen LogP contribution in [0.5, 0.6) is 0 Å². The SMILES string of the molecule is c1ccc(-n2c3ccccc3c3cc(-c4ccc5c(c4)c4ccccc4n5-c4ccc5cc(-c6ccc7ccccc7c6)ccc5c4)ccc32)cc1.c1ccc(-n2c3ccccc3c3cc(-c4ccc5c(c4)c4ccccc4n5-c4ccc5ccc(-c6cccc7ccccc67)cc5c4)ccc32)cc1. The fraction of sp³-hybridized carbons (Fsp3) is 0. The van der Waals surface area contributed by atoms with Gasteiger partial charge in [-0.3, -0.25) is 0 Å². The highest BCUT2D eigenvalue weighted by atomic mass is 15.0. The third-order valence-corrected chi connectivity index (χ3v) is 21.7. The van der Waals surface area contributed by atoms with Crippen LogP contribution in [0.2, 0.25) is 0 Å². The van der Waals surface area contributed by atoms with Crippen LogP contribution in [-0.4, -0.2) is 18.3 Å². The molecule has 0 unspecified atom stereocenters. The Kier molecular flexibility index (Phi) is 13.6. The highest BCUT2D eigenvalue weighted by molar-refractivity contribution is 6.15. The number of aromatic nitrogens is 4. The minimum Gasteiger partial charge on any atom is -0.309 e. The number of hydrogen-bond acceptors (Lipinski definition) is 0. The average molecular weight is 1320 g/mol. The maximum Gasteiger partial charge on any atom is 0.0541 e. The summed E-state index contributed by atoms with van der Waals surface area (Å²) in [7, 11) is 0. The van der Waals surface area contributed by atoms with E-state index in [4.69, 9.17) is 0 Å². The van der Waals surface area contributed by atoms with Crippen molar-refractivity contribution in [3.63, 3.8) is 0 Å². The Hall–Kier alpha value is -13.8. The second-order valence-electron chi connectivity index (χ2n) is 27.6. The van der Waals surface area contributed by atoms with Gasteiger partial charge in [0.2, 0.25) is 0 Å². The minimum atomic E-state index is 1.16. The van der Waals surface area contributed by atoms with Gasteiger partial charge in [0.15, 0.2) is 0 Å². The van der Waals surface area contributed by atoms with Gasteiger partial charge in [-0.2, -0.15) is 0 Å². The molecule has 4 heteroatoms. The van der Waals surface area contributed by atoms with Gasteiger partial charge in [-0.1, -0.05) is 249 Å². The van der Waals surface area contributed by atoms with Gasteiger partial charge in [0, 0.05) is 65.8 Å². The molecule has 22 aromatic rings. The quantitative estimate of drug-likeness (QED) is 0.144. The lowest BCUT2D eigenvalue weighted by atomic mass is 9.96. The van der Waals surface area contributed by atoms with Crippen molar-refractivity contribution in [1.82, 2.24) is 18.3 Å². The highest BCUT2D eigenvalue weighted by Gasteiger charge is 2.20. The van der Waals surface area contributed by atoms with Gasteiger partial charge in [-0.05, 0) is 227 Å². The van der Waals surface area contributed by atoms with E-state index in [1.807, 2.05) is 0 Å². The molecule has 4 nitrogen and oxygen atoms in total. The molecule has 0 aliphatic carbocycles. The van der Waals surface area contributed by atoms with E-state index in [1.165, 1.54) is 192 Å². The fourth-order valence-electron chi connectivity index (χ4n) is 16.8. The Labute approximate surface area is 600 Å². The Morgan fingerprint density at radius 1 is 0.125 bits per heavy atom. The molecule has 0 bridgehead atoms. The van der Waals surface area contributed by atoms with Gasteiger partial charge >= 0.3 is 0 Å². The van der Waals surface area contributed by atoms with Crippen molar-refractivity contribution in [3.05, 3.63) is 388 Å². The number of fused-ring (bicyclic) bond motifs is 16. The predicted molar refractivity (Wildman–Crippen MR) is 442 cm³/mol. The van der Waals surface area contributed by atoms with E-state index in [1.54, 1.807) is 0 Å². The molecular formula is C100H64N4. The molecule has 0 N–H and O–H groups in total. The molecule has 484 valence electrons. The Morgan fingerprint density at radius 2 is 0.404 bits per heavy atom. The van der Waals surface area contributed by atoms with E-state index < -0.39 is 0 Å². The first kappa shape index (κ1) is 59.1. The largest absolute Gasteiger partial charge is 0.309 e. The standard InChI is InChI=1S/2C50H32N2/c1-2-13-39(14-3-1)51-47-19-8-6-16-43(47)45-31-35(24-27-49(45)51)36-25-28-50-46(32-36)44-17-7-9-20-48(44)52(50)40-26-23-33-21-22-37(29-38(33)30-40)42-18-10-12-34-11-4-5-15-41(34)42;1-2-12-41(13-3-1)51-47-16-8-6-14-43(47)45-31-39(23-26-49(45)51)40-24-27-50-46(32-40)44-15-7-9-17-48(44)52(50)42-25-22-37-29-36(20-21-38(37)30-42)35-19-18-33-10-4-5-11-34(33)28-35/h2*1-32H. The van der Waals surface area contributed by atoms with Crippen LogP contribution in [0.4, 0.5) is 0 Å². The van der Waals surface area contributed by atoms with Gasteiger partial charge in [0.1, 0.15) is 0 Å². The number of para-hydroxylation sites is 6. The van der Waals surface area contributed by atoms with Gasteiger partial charge in [-0.15, -0.1) is 0 Å². The van der Waals surface area contributed by atoms with E-state index in [-0.39, 0.29) is 0 Å². The molecule has 4 heterocycles. The van der Waals surface area contributed by atoms with Crippen LogP contribution in [0.15, 0.2) is 388 Å². The molecule has 0 atom stereocenters. The number of hydrogen-bond donors (Lipinski definition) is 0. The zero-order valence-corrected chi connectivity index (χ0v) is 56.7. The monoisotopic (exact) mass is 1320 g/mol. The maximum absolute atomic E-state index is 2.43. The van der Waals surface area contributed by atoms with Crippen molar-refractivity contribution >= 4 is 130 Å². The van der Waals surface area contributed by atoms with Crippen molar-refractivity contribution in [3.8, 4) is 67.3 Å². The summed E-state index contributed by atoms with van der Waals surface area (Å²) in [6.07, 6.45) is 0. The highest BCUT2D eigenvalue weighted by Crippen LogP contribution is 2.43. The first-order chi connectivity index (χ1) is 51.5. The van der Waals surface area contributed by atoms with E-state index in [2.05, 4.69) is 407 Å². The zero-order chi connectivity index (χ0) is 68.3. The number of rotatable bonds is 8. The molecule has 104 heavy (non-hydrogen) atoms. The Bertz CT molecular complexity index is 7220. The lowest BCUT2D eigenvalue weighted by molar-refractivity contribution is 1.18. The molecule has 0 saturated heterocycles. The van der Waals surface area contributed by atoms with Crippen molar-refractivity contribution in [2.45, 2.75) is 0 Å². The molecule has 0 aliphatic heterocycles. The summed E-state index contributed by atoms with van der Waals surface area (Å²) >= 11 is 0. The minimum absolute atomic E-state index is 1.16. The van der Waals surface area contributed by atoms with Crippen LogP contribution in [0.1, 0.15) is 0 Å². The zero-order valence-electron chi connectivity index (χ0n) is 56.7. The molecular weight excluding hydrogens is 1260 g/mol. The van der Waals surface area contributed by atoms with Gasteiger partial charge < -0.3 is 18.3 Å². The van der Waals surface area contributed by atoms with Crippen LogP contribution in [-0.2, 0) is 0 Å². The van der Waals surface area contributed by atoms with Crippen molar-refractivity contribution in [1.29, 1.82) is 0 Å². The van der Waals surface area contributed by atoms with E-state index in [0.717, 1.165) is 5.69 Å². The second-order valence-corrected chi connectivity index (χ2v) is 27.6. The summed E-state index contributed by atoms with van der Waals surface area (Å²) < 4.78 is 9.59. The fourth-order valence-corrected chi connectivity index (χ4v) is 16.8. The van der Waals surface area contributed by atoms with Crippen molar-refractivity contribution in [2.24, 2.45) is 0 Å². The van der Waals surface area contributed by atoms with Crippen molar-refractivity contribution < 1.29 is 0 Å². The normalized spacial score (nSPS) is 11.8. The van der Waals surface area contributed by atoms with E-state index in [0.29, 0.717) is 0 Å². The van der Waals surface area contributed by atoms with E-state index in [9.17, 15) is 0 Å². The number of benzene rings is 18. The van der Waals surface area contributed by atoms with Crippen molar-refractivity contribution in [2.75, 3.05) is 0 Å². The summed E-state index contributed by atoms with van der Waals surface area (Å²) in [5, 5.41) is 20.1. The molecule has 0 spiro atoms. The average Bonchev–Trinajstić information content (AvgIpc) is 1.59. The first-order valence-electron chi connectivity index (χ1n) is 35.9. The first-order valence-corrected chi connectivity index (χ1v) is 35.9. The van der Waals surface area contributed by atoms with E-state index >= 15 is 0 Å². The molecule has 18 aromatic carbocycles. The predicted octanol–water partition coefficient (Wildman–Crippen LogP) is 27.0. The maximum atomic E-state index is 2.43. The Balaban J connectivity index is 0.000000134. The summed E-state index contributed by atoms with van der Waals surface area (Å²) in [6, 6.07) is 142. The van der Waals surface area contributed by atoms with Gasteiger partial charge in [0.25, 0.3) is 0 Å². The van der Waals surface area contributed by atoms with Crippen LogP contribution in [0, 0.1) is 0 Å². The molecule has 0 fully saturated rings. The smallest absolute Gasteiger partial charge is 0.0541 e. The van der Waals surface area contributed by atoms with Crippen LogP contribution in [0.25, 0.3) is 198 Å². The Morgan fingerprint density at radius 3 is 0.875 bits per heavy atom. The van der Waals surface area contributed by atoms with Crippen LogP contribution in [0.3, 0.4) is 0 Å². The molecule has 0 saturated carbocycles. The number of nitrogens with zero attached hydrogens (tertiary/aromatic N) is 4. The summed E-state index contributed by atoms with van der Waals surface area (Å²) in [6.45, 7) is 0. The third kappa shape index (κ3) is 9.68. The lowest BCUT2D eigenvalue weighted by Crippen LogP contribution is -1.94. The molecule has 4 aromatic heterocycles. The lowest BCUT2D eigenvalue weighted by Gasteiger charge is -2.12. The summed E-state index contributed by atoms with van der Waals surface area (Å²) in [4.78, 5) is 0. The second kappa shape index (κ2) is 24.0. The molecule has 0 amide bonds. The van der Waals surface area contributed by atoms with Gasteiger partial charge in [-0.25, -0.2) is 0 Å². The molecule has 0 aliphatic rings. The van der Waals surface area contributed by atoms with Crippen LogP contribution >= 0.6 is 0 Å². The topological polar surface area (TPSA) is 19.7 Å². The molecule has 22 rings (SSSR count). The van der Waals surface area contributed by atoms with Crippen LogP contribution < -0.4 is 0 Å². The van der Waals surface area contributed by atoms with Gasteiger partial charge in [0.05, 0.1) is 44.1 Å². The summed E-state index contributed by atoms with van der Waals surface area (Å²) in [5.74, 6) is 0. The summed E-state index contributed by atoms with van der Waals surface area (Å²) in [5.41, 5.74) is 24.2. The third-order valence-electron chi connectivity index (χ3n) is 21.7. The molecule has 0 radical (unpaired) electrons.